The van der Waals surface area contributed by atoms with Crippen LogP contribution in [-0.2, 0) is 0 Å². The van der Waals surface area contributed by atoms with E-state index in [4.69, 9.17) is 5.11 Å². The number of rotatable bonds is 3. The van der Waals surface area contributed by atoms with Gasteiger partial charge in [-0.3, -0.25) is 4.98 Å². The Balaban J connectivity index is 2.08. The average molecular weight is 285 g/mol. The molecular weight excluding hydrogens is 270 g/mol. The maximum atomic E-state index is 11.9. The second-order valence-electron chi connectivity index (χ2n) is 4.72. The van der Waals surface area contributed by atoms with E-state index in [2.05, 4.69) is 15.6 Å². The van der Waals surface area contributed by atoms with Crippen molar-refractivity contribution in [2.24, 2.45) is 0 Å². The van der Waals surface area contributed by atoms with Gasteiger partial charge in [-0.1, -0.05) is 6.07 Å². The Bertz CT molecular complexity index is 678. The third-order valence-electron chi connectivity index (χ3n) is 2.72. The summed E-state index contributed by atoms with van der Waals surface area (Å²) >= 11 is 0. The molecule has 0 aliphatic heterocycles. The Morgan fingerprint density at radius 1 is 0.952 bits per heavy atom. The molecule has 3 N–H and O–H groups in total. The van der Waals surface area contributed by atoms with Gasteiger partial charge < -0.3 is 15.7 Å². The van der Waals surface area contributed by atoms with Gasteiger partial charge in [0.15, 0.2) is 0 Å². The molecule has 1 aromatic heterocycles. The van der Waals surface area contributed by atoms with Crippen LogP contribution in [0.2, 0.25) is 0 Å². The molecule has 6 heteroatoms. The number of urea groups is 1. The molecule has 108 valence electrons. The van der Waals surface area contributed by atoms with E-state index in [1.807, 2.05) is 32.0 Å². The molecule has 6 nitrogen and oxygen atoms in total. The quantitative estimate of drug-likeness (QED) is 0.808. The van der Waals surface area contributed by atoms with Gasteiger partial charge in [-0.15, -0.1) is 0 Å². The lowest BCUT2D eigenvalue weighted by molar-refractivity contribution is 0.0696. The lowest BCUT2D eigenvalue weighted by atomic mass is 10.1. The minimum Gasteiger partial charge on any atom is -0.478 e. The highest BCUT2D eigenvalue weighted by Crippen LogP contribution is 2.14. The fraction of sp³-hybridized carbons (Fsp3) is 0.133. The summed E-state index contributed by atoms with van der Waals surface area (Å²) in [6.07, 6.45) is 2.60. The molecule has 0 atom stereocenters. The molecule has 0 unspecified atom stereocenters. The van der Waals surface area contributed by atoms with E-state index in [0.717, 1.165) is 11.1 Å². The van der Waals surface area contributed by atoms with E-state index in [-0.39, 0.29) is 5.56 Å². The molecule has 1 heterocycles. The number of carbonyl (C=O) groups is 2. The molecule has 0 saturated heterocycles. The number of nitrogens with zero attached hydrogens (tertiary/aromatic N) is 1. The number of carbonyl (C=O) groups excluding carboxylic acids is 1. The van der Waals surface area contributed by atoms with Crippen LogP contribution in [0, 0.1) is 13.8 Å². The number of hydrogen-bond donors (Lipinski definition) is 3. The summed E-state index contributed by atoms with van der Waals surface area (Å²) in [7, 11) is 0. The number of aryl methyl sites for hydroxylation is 2. The second-order valence-corrected chi connectivity index (χ2v) is 4.72. The number of anilines is 2. The van der Waals surface area contributed by atoms with Crippen molar-refractivity contribution in [1.82, 2.24) is 4.98 Å². The highest BCUT2D eigenvalue weighted by molar-refractivity contribution is 6.00. The largest absolute Gasteiger partial charge is 0.478 e. The topological polar surface area (TPSA) is 91.3 Å². The molecule has 0 radical (unpaired) electrons. The molecule has 0 bridgehead atoms. The van der Waals surface area contributed by atoms with Crippen LogP contribution < -0.4 is 10.6 Å². The van der Waals surface area contributed by atoms with Crippen molar-refractivity contribution in [2.75, 3.05) is 10.6 Å². The first-order valence-electron chi connectivity index (χ1n) is 6.29. The number of benzene rings is 1. The van der Waals surface area contributed by atoms with E-state index in [1.54, 1.807) is 0 Å². The van der Waals surface area contributed by atoms with Crippen LogP contribution >= 0.6 is 0 Å². The predicted octanol–water partition coefficient (Wildman–Crippen LogP) is 3.04. The van der Waals surface area contributed by atoms with Gasteiger partial charge in [0.25, 0.3) is 0 Å². The number of carboxylic acids is 1. The lowest BCUT2D eigenvalue weighted by Gasteiger charge is -2.09. The van der Waals surface area contributed by atoms with Crippen LogP contribution in [0.15, 0.2) is 36.7 Å². The van der Waals surface area contributed by atoms with Gasteiger partial charge >= 0.3 is 12.0 Å². The molecule has 0 fully saturated rings. The molecule has 21 heavy (non-hydrogen) atoms. The van der Waals surface area contributed by atoms with Crippen LogP contribution in [0.3, 0.4) is 0 Å². The van der Waals surface area contributed by atoms with Crippen molar-refractivity contribution >= 4 is 23.4 Å². The Kier molecular flexibility index (Phi) is 4.18. The van der Waals surface area contributed by atoms with E-state index in [1.165, 1.54) is 18.5 Å². The summed E-state index contributed by atoms with van der Waals surface area (Å²) in [6.45, 7) is 3.88. The number of aromatic carboxylic acids is 1. The SMILES string of the molecule is Cc1cc(C)cc(NC(=O)Nc2cncc(C(=O)O)c2)c1. The van der Waals surface area contributed by atoms with Gasteiger partial charge in [-0.05, 0) is 43.2 Å². The molecule has 2 rings (SSSR count). The van der Waals surface area contributed by atoms with E-state index < -0.39 is 12.0 Å². The Labute approximate surface area is 121 Å². The van der Waals surface area contributed by atoms with Gasteiger partial charge in [0.1, 0.15) is 0 Å². The molecule has 1 aromatic carbocycles. The van der Waals surface area contributed by atoms with Gasteiger partial charge in [0.2, 0.25) is 0 Å². The number of hydrogen-bond acceptors (Lipinski definition) is 3. The Hall–Kier alpha value is -2.89. The predicted molar refractivity (Wildman–Crippen MR) is 79.8 cm³/mol. The number of amides is 2. The van der Waals surface area contributed by atoms with Crippen LogP contribution in [0.5, 0.6) is 0 Å². The van der Waals surface area contributed by atoms with Crippen molar-refractivity contribution in [3.63, 3.8) is 0 Å². The molecule has 0 saturated carbocycles. The number of aromatic nitrogens is 1. The summed E-state index contributed by atoms with van der Waals surface area (Å²) in [5.41, 5.74) is 3.09. The minimum atomic E-state index is -1.10. The number of nitrogens with one attached hydrogen (secondary N) is 2. The zero-order valence-electron chi connectivity index (χ0n) is 11.7. The molecule has 0 aliphatic rings. The zero-order chi connectivity index (χ0) is 15.4. The minimum absolute atomic E-state index is 0.0131. The monoisotopic (exact) mass is 285 g/mol. The second kappa shape index (κ2) is 6.04. The molecule has 2 amide bonds. The van der Waals surface area contributed by atoms with E-state index >= 15 is 0 Å². The van der Waals surface area contributed by atoms with E-state index in [0.29, 0.717) is 11.4 Å². The molecule has 2 aromatic rings. The van der Waals surface area contributed by atoms with Crippen LogP contribution in [0.25, 0.3) is 0 Å². The van der Waals surface area contributed by atoms with Gasteiger partial charge in [-0.25, -0.2) is 9.59 Å². The first-order valence-corrected chi connectivity index (χ1v) is 6.29. The smallest absolute Gasteiger partial charge is 0.337 e. The standard InChI is InChI=1S/C15H15N3O3/c1-9-3-10(2)5-12(4-9)17-15(21)18-13-6-11(14(19)20)7-16-8-13/h3-8H,1-2H3,(H,19,20)(H2,17,18,21). The summed E-state index contributed by atoms with van der Waals surface area (Å²) in [6, 6.07) is 6.58. The summed E-state index contributed by atoms with van der Waals surface area (Å²) in [4.78, 5) is 26.5. The molecule has 0 aliphatic carbocycles. The van der Waals surface area contributed by atoms with Crippen molar-refractivity contribution in [2.45, 2.75) is 13.8 Å². The highest BCUT2D eigenvalue weighted by atomic mass is 16.4. The van der Waals surface area contributed by atoms with Crippen molar-refractivity contribution in [1.29, 1.82) is 0 Å². The van der Waals surface area contributed by atoms with Crippen LogP contribution in [-0.4, -0.2) is 22.1 Å². The molecular formula is C15H15N3O3. The van der Waals surface area contributed by atoms with Crippen molar-refractivity contribution in [3.05, 3.63) is 53.3 Å². The summed E-state index contributed by atoms with van der Waals surface area (Å²) < 4.78 is 0. The van der Waals surface area contributed by atoms with Crippen LogP contribution in [0.4, 0.5) is 16.2 Å². The first kappa shape index (κ1) is 14.5. The van der Waals surface area contributed by atoms with E-state index in [9.17, 15) is 9.59 Å². The maximum Gasteiger partial charge on any atom is 0.337 e. The Morgan fingerprint density at radius 2 is 1.57 bits per heavy atom. The van der Waals surface area contributed by atoms with Crippen molar-refractivity contribution < 1.29 is 14.7 Å². The first-order chi connectivity index (χ1) is 9.94. The average Bonchev–Trinajstić information content (AvgIpc) is 2.37. The third-order valence-corrected chi connectivity index (χ3v) is 2.72. The summed E-state index contributed by atoms with van der Waals surface area (Å²) in [5.74, 6) is -1.10. The normalized spacial score (nSPS) is 10.0. The van der Waals surface area contributed by atoms with Crippen molar-refractivity contribution in [3.8, 4) is 0 Å². The number of pyridine rings is 1. The third kappa shape index (κ3) is 4.04. The maximum absolute atomic E-state index is 11.9. The van der Waals surface area contributed by atoms with Crippen LogP contribution in [0.1, 0.15) is 21.5 Å². The highest BCUT2D eigenvalue weighted by Gasteiger charge is 2.07. The fourth-order valence-electron chi connectivity index (χ4n) is 1.97. The Morgan fingerprint density at radius 3 is 2.19 bits per heavy atom. The lowest BCUT2D eigenvalue weighted by Crippen LogP contribution is -2.20. The van der Waals surface area contributed by atoms with Gasteiger partial charge in [0.05, 0.1) is 17.4 Å². The molecule has 0 spiro atoms. The van der Waals surface area contributed by atoms with Gasteiger partial charge in [-0.2, -0.15) is 0 Å². The summed E-state index contributed by atoms with van der Waals surface area (Å²) in [5, 5.41) is 14.1. The zero-order valence-corrected chi connectivity index (χ0v) is 11.7. The number of carboxylic acid groups (broad SMARTS) is 1. The van der Waals surface area contributed by atoms with Gasteiger partial charge in [0, 0.05) is 11.9 Å². The fourth-order valence-corrected chi connectivity index (χ4v) is 1.97.